The molecule has 0 bridgehead atoms. The zero-order chi connectivity index (χ0) is 15.3. The molecule has 0 amide bonds. The SMILES string of the molecule is Cc1ccccc1OCCN(C)S(=O)(=O)N1CCNCC1. The molecule has 7 heteroatoms. The zero-order valence-corrected chi connectivity index (χ0v) is 13.4. The molecular weight excluding hydrogens is 290 g/mol. The van der Waals surface area contributed by atoms with Gasteiger partial charge in [0.25, 0.3) is 10.2 Å². The Morgan fingerprint density at radius 3 is 2.62 bits per heavy atom. The second-order valence-corrected chi connectivity index (χ2v) is 7.13. The topological polar surface area (TPSA) is 61.9 Å². The minimum atomic E-state index is -3.38. The molecule has 1 aliphatic rings. The Morgan fingerprint density at radius 1 is 1.29 bits per heavy atom. The number of aryl methyl sites for hydroxylation is 1. The number of rotatable bonds is 6. The van der Waals surface area contributed by atoms with Crippen LogP contribution in [0.3, 0.4) is 0 Å². The molecule has 0 aliphatic carbocycles. The number of ether oxygens (including phenoxy) is 1. The molecule has 1 saturated heterocycles. The lowest BCUT2D eigenvalue weighted by Crippen LogP contribution is -2.51. The summed E-state index contributed by atoms with van der Waals surface area (Å²) in [4.78, 5) is 0. The fraction of sp³-hybridized carbons (Fsp3) is 0.571. The van der Waals surface area contributed by atoms with E-state index in [2.05, 4.69) is 5.32 Å². The van der Waals surface area contributed by atoms with Gasteiger partial charge >= 0.3 is 0 Å². The van der Waals surface area contributed by atoms with Crippen LogP contribution in [0.25, 0.3) is 0 Å². The summed E-state index contributed by atoms with van der Waals surface area (Å²) >= 11 is 0. The summed E-state index contributed by atoms with van der Waals surface area (Å²) in [6.07, 6.45) is 0. The van der Waals surface area contributed by atoms with Gasteiger partial charge in [0.05, 0.1) is 0 Å². The number of hydrogen-bond donors (Lipinski definition) is 1. The third-order valence-electron chi connectivity index (χ3n) is 3.55. The van der Waals surface area contributed by atoms with Gasteiger partial charge in [-0.25, -0.2) is 0 Å². The van der Waals surface area contributed by atoms with Crippen molar-refractivity contribution in [1.82, 2.24) is 13.9 Å². The Kier molecular flexibility index (Phi) is 5.58. The van der Waals surface area contributed by atoms with E-state index in [9.17, 15) is 8.42 Å². The van der Waals surface area contributed by atoms with Crippen LogP contribution in [0, 0.1) is 6.92 Å². The van der Waals surface area contributed by atoms with Crippen LogP contribution in [0.1, 0.15) is 5.56 Å². The van der Waals surface area contributed by atoms with Crippen molar-refractivity contribution in [3.05, 3.63) is 29.8 Å². The molecule has 1 aliphatic heterocycles. The van der Waals surface area contributed by atoms with Crippen molar-refractivity contribution in [3.63, 3.8) is 0 Å². The molecule has 118 valence electrons. The van der Waals surface area contributed by atoms with Crippen LogP contribution in [0.4, 0.5) is 0 Å². The second kappa shape index (κ2) is 7.22. The van der Waals surface area contributed by atoms with Crippen LogP contribution < -0.4 is 10.1 Å². The molecule has 0 aromatic heterocycles. The van der Waals surface area contributed by atoms with Gasteiger partial charge in [-0.05, 0) is 18.6 Å². The molecule has 0 atom stereocenters. The summed E-state index contributed by atoms with van der Waals surface area (Å²) < 4.78 is 33.2. The van der Waals surface area contributed by atoms with E-state index in [-0.39, 0.29) is 0 Å². The first-order valence-corrected chi connectivity index (χ1v) is 8.52. The van der Waals surface area contributed by atoms with Crippen molar-refractivity contribution in [3.8, 4) is 5.75 Å². The van der Waals surface area contributed by atoms with E-state index in [4.69, 9.17) is 4.74 Å². The summed E-state index contributed by atoms with van der Waals surface area (Å²) in [6.45, 7) is 5.08. The number of nitrogens with zero attached hydrogens (tertiary/aromatic N) is 2. The normalized spacial score (nSPS) is 17.1. The third kappa shape index (κ3) is 4.16. The summed E-state index contributed by atoms with van der Waals surface area (Å²) in [5.74, 6) is 0.797. The summed E-state index contributed by atoms with van der Waals surface area (Å²) in [6, 6.07) is 7.71. The summed E-state index contributed by atoms with van der Waals surface area (Å²) in [5, 5.41) is 3.15. The molecule has 1 fully saturated rings. The maximum absolute atomic E-state index is 12.4. The van der Waals surface area contributed by atoms with E-state index in [1.807, 2.05) is 31.2 Å². The smallest absolute Gasteiger partial charge is 0.281 e. The van der Waals surface area contributed by atoms with Gasteiger partial charge < -0.3 is 10.1 Å². The van der Waals surface area contributed by atoms with E-state index >= 15 is 0 Å². The van der Waals surface area contributed by atoms with Gasteiger partial charge in [0.1, 0.15) is 12.4 Å². The molecule has 0 spiro atoms. The number of benzene rings is 1. The first-order chi connectivity index (χ1) is 10.0. The maximum atomic E-state index is 12.4. The van der Waals surface area contributed by atoms with Gasteiger partial charge in [-0.15, -0.1) is 0 Å². The van der Waals surface area contributed by atoms with Crippen LogP contribution in [0.5, 0.6) is 5.75 Å². The number of piperazine rings is 1. The average Bonchev–Trinajstić information content (AvgIpc) is 2.50. The monoisotopic (exact) mass is 313 g/mol. The summed E-state index contributed by atoms with van der Waals surface area (Å²) in [7, 11) is -1.78. The average molecular weight is 313 g/mol. The first-order valence-electron chi connectivity index (χ1n) is 7.12. The quantitative estimate of drug-likeness (QED) is 0.829. The van der Waals surface area contributed by atoms with Crippen LogP contribution >= 0.6 is 0 Å². The highest BCUT2D eigenvalue weighted by Gasteiger charge is 2.27. The Labute approximate surface area is 126 Å². The predicted molar refractivity (Wildman–Crippen MR) is 82.7 cm³/mol. The fourth-order valence-corrected chi connectivity index (χ4v) is 3.53. The molecule has 0 unspecified atom stereocenters. The minimum absolute atomic E-state index is 0.334. The molecule has 1 aromatic rings. The van der Waals surface area contributed by atoms with Crippen LogP contribution in [-0.4, -0.2) is 63.4 Å². The number of likely N-dealkylation sites (N-methyl/N-ethyl adjacent to an activating group) is 1. The summed E-state index contributed by atoms with van der Waals surface area (Å²) in [5.41, 5.74) is 1.05. The molecule has 1 heterocycles. The van der Waals surface area contributed by atoms with Gasteiger partial charge in [0.15, 0.2) is 0 Å². The maximum Gasteiger partial charge on any atom is 0.281 e. The van der Waals surface area contributed by atoms with Gasteiger partial charge in [0, 0.05) is 39.8 Å². The standard InChI is InChI=1S/C14H23N3O3S/c1-13-5-3-4-6-14(13)20-12-11-16(2)21(18,19)17-9-7-15-8-10-17/h3-6,15H,7-12H2,1-2H3. The predicted octanol–water partition coefficient (Wildman–Crippen LogP) is 0.456. The number of para-hydroxylation sites is 1. The first kappa shape index (κ1) is 16.2. The van der Waals surface area contributed by atoms with Crippen molar-refractivity contribution < 1.29 is 13.2 Å². The lowest BCUT2D eigenvalue weighted by molar-refractivity contribution is 0.270. The lowest BCUT2D eigenvalue weighted by atomic mass is 10.2. The molecule has 1 aromatic carbocycles. The third-order valence-corrected chi connectivity index (χ3v) is 5.54. The molecule has 21 heavy (non-hydrogen) atoms. The Hall–Kier alpha value is -1.15. The highest BCUT2D eigenvalue weighted by molar-refractivity contribution is 7.86. The van der Waals surface area contributed by atoms with Gasteiger partial charge in [-0.3, -0.25) is 0 Å². The van der Waals surface area contributed by atoms with E-state index in [0.717, 1.165) is 11.3 Å². The van der Waals surface area contributed by atoms with E-state index in [1.165, 1.54) is 8.61 Å². The Morgan fingerprint density at radius 2 is 1.95 bits per heavy atom. The van der Waals surface area contributed by atoms with E-state index < -0.39 is 10.2 Å². The highest BCUT2D eigenvalue weighted by Crippen LogP contribution is 2.16. The van der Waals surface area contributed by atoms with Crippen molar-refractivity contribution in [1.29, 1.82) is 0 Å². The highest BCUT2D eigenvalue weighted by atomic mass is 32.2. The van der Waals surface area contributed by atoms with Crippen molar-refractivity contribution in [2.45, 2.75) is 6.92 Å². The van der Waals surface area contributed by atoms with Crippen LogP contribution in [0.15, 0.2) is 24.3 Å². The zero-order valence-electron chi connectivity index (χ0n) is 12.6. The Bertz CT molecular complexity index is 556. The lowest BCUT2D eigenvalue weighted by Gasteiger charge is -2.30. The van der Waals surface area contributed by atoms with Gasteiger partial charge in [0.2, 0.25) is 0 Å². The molecule has 6 nitrogen and oxygen atoms in total. The van der Waals surface area contributed by atoms with Crippen molar-refractivity contribution >= 4 is 10.2 Å². The van der Waals surface area contributed by atoms with E-state index in [0.29, 0.717) is 39.3 Å². The molecule has 1 N–H and O–H groups in total. The Balaban J connectivity index is 1.86. The number of hydrogen-bond acceptors (Lipinski definition) is 4. The second-order valence-electron chi connectivity index (χ2n) is 5.09. The van der Waals surface area contributed by atoms with E-state index in [1.54, 1.807) is 7.05 Å². The van der Waals surface area contributed by atoms with Crippen molar-refractivity contribution in [2.24, 2.45) is 0 Å². The van der Waals surface area contributed by atoms with Gasteiger partial charge in [-0.1, -0.05) is 18.2 Å². The fourth-order valence-electron chi connectivity index (χ4n) is 2.19. The van der Waals surface area contributed by atoms with Gasteiger partial charge in [-0.2, -0.15) is 17.0 Å². The number of nitrogens with one attached hydrogen (secondary N) is 1. The molecular formula is C14H23N3O3S. The van der Waals surface area contributed by atoms with Crippen LogP contribution in [0.2, 0.25) is 0 Å². The molecule has 0 saturated carbocycles. The van der Waals surface area contributed by atoms with Crippen molar-refractivity contribution in [2.75, 3.05) is 46.4 Å². The molecule has 2 rings (SSSR count). The molecule has 0 radical (unpaired) electrons. The minimum Gasteiger partial charge on any atom is -0.492 e. The largest absolute Gasteiger partial charge is 0.492 e. The van der Waals surface area contributed by atoms with Crippen LogP contribution in [-0.2, 0) is 10.2 Å².